The normalized spacial score (nSPS) is 9.28. The van der Waals surface area contributed by atoms with Crippen molar-refractivity contribution in [2.75, 3.05) is 0 Å². The summed E-state index contributed by atoms with van der Waals surface area (Å²) in [6.45, 7) is 0. The molecule has 4 aromatic rings. The van der Waals surface area contributed by atoms with Gasteiger partial charge in [0.2, 0.25) is 0 Å². The number of hydrogen-bond acceptors (Lipinski definition) is 4. The predicted octanol–water partition coefficient (Wildman–Crippen LogP) is 4.28. The molecule has 0 bridgehead atoms. The van der Waals surface area contributed by atoms with Crippen LogP contribution in [-0.4, -0.2) is 19.9 Å². The maximum Gasteiger partial charge on any atom is 0.0886 e. The van der Waals surface area contributed by atoms with E-state index in [1.807, 2.05) is 72.8 Å². The van der Waals surface area contributed by atoms with Crippen molar-refractivity contribution in [1.29, 1.82) is 0 Å². The van der Waals surface area contributed by atoms with E-state index >= 15 is 0 Å². The van der Waals surface area contributed by atoms with Gasteiger partial charge >= 0.3 is 0 Å². The molecule has 1 radical (unpaired) electrons. The SMILES string of the molecule is [Re].c1ccc(-c2ccccn2)nc1.c1ccc(-c2ccccn2)nc1. The van der Waals surface area contributed by atoms with Crippen LogP contribution in [0.15, 0.2) is 97.6 Å². The van der Waals surface area contributed by atoms with Gasteiger partial charge in [-0.05, 0) is 48.5 Å². The molecule has 0 aromatic carbocycles. The maximum atomic E-state index is 4.19. The van der Waals surface area contributed by atoms with Crippen molar-refractivity contribution in [1.82, 2.24) is 19.9 Å². The second-order valence-electron chi connectivity index (χ2n) is 4.86. The molecule has 0 fully saturated rings. The van der Waals surface area contributed by atoms with E-state index in [0.29, 0.717) is 0 Å². The molecular weight excluding hydrogens is 482 g/mol. The fourth-order valence-corrected chi connectivity index (χ4v) is 2.06. The van der Waals surface area contributed by atoms with Crippen molar-refractivity contribution in [3.63, 3.8) is 0 Å². The Kier molecular flexibility index (Phi) is 7.58. The second kappa shape index (κ2) is 10.2. The first kappa shape index (κ1) is 18.6. The maximum absolute atomic E-state index is 4.19. The Hall–Kier alpha value is -2.74. The molecule has 5 heteroatoms. The molecule has 0 spiro atoms. The molecule has 0 aliphatic rings. The van der Waals surface area contributed by atoms with Crippen molar-refractivity contribution in [3.05, 3.63) is 97.6 Å². The van der Waals surface area contributed by atoms with Crippen molar-refractivity contribution < 1.29 is 20.4 Å². The molecule has 4 rings (SSSR count). The van der Waals surface area contributed by atoms with Gasteiger partial charge in [0.15, 0.2) is 0 Å². The first-order valence-corrected chi connectivity index (χ1v) is 7.58. The molecule has 0 amide bonds. The molecule has 25 heavy (non-hydrogen) atoms. The fraction of sp³-hybridized carbons (Fsp3) is 0. The van der Waals surface area contributed by atoms with Gasteiger partial charge in [0.1, 0.15) is 0 Å². The molecule has 0 saturated heterocycles. The molecular formula is C20H16N4Re. The largest absolute Gasteiger partial charge is 0.255 e. The van der Waals surface area contributed by atoms with Crippen LogP contribution in [-0.2, 0) is 20.4 Å². The Balaban J connectivity index is 0.000000173. The van der Waals surface area contributed by atoms with Crippen LogP contribution in [0.4, 0.5) is 0 Å². The molecule has 4 aromatic heterocycles. The zero-order valence-electron chi connectivity index (χ0n) is 13.4. The van der Waals surface area contributed by atoms with Crippen LogP contribution in [0.1, 0.15) is 0 Å². The minimum Gasteiger partial charge on any atom is -0.255 e. The van der Waals surface area contributed by atoms with Gasteiger partial charge in [0, 0.05) is 45.2 Å². The molecule has 0 atom stereocenters. The van der Waals surface area contributed by atoms with Crippen LogP contribution in [0, 0.1) is 0 Å². The summed E-state index contributed by atoms with van der Waals surface area (Å²) in [6.07, 6.45) is 7.07. The minimum absolute atomic E-state index is 0. The van der Waals surface area contributed by atoms with Gasteiger partial charge in [-0.15, -0.1) is 0 Å². The number of rotatable bonds is 2. The molecule has 0 aliphatic heterocycles. The summed E-state index contributed by atoms with van der Waals surface area (Å²) < 4.78 is 0. The molecule has 4 heterocycles. The van der Waals surface area contributed by atoms with Crippen molar-refractivity contribution in [3.8, 4) is 22.8 Å². The average Bonchev–Trinajstić information content (AvgIpc) is 2.71. The summed E-state index contributed by atoms with van der Waals surface area (Å²) in [6, 6.07) is 23.2. The Morgan fingerprint density at radius 1 is 0.360 bits per heavy atom. The quantitative estimate of drug-likeness (QED) is 0.414. The average molecular weight is 499 g/mol. The third-order valence-electron chi connectivity index (χ3n) is 3.18. The van der Waals surface area contributed by atoms with Gasteiger partial charge in [-0.1, -0.05) is 24.3 Å². The number of pyridine rings is 4. The molecule has 0 unspecified atom stereocenters. The van der Waals surface area contributed by atoms with Crippen molar-refractivity contribution in [2.24, 2.45) is 0 Å². The van der Waals surface area contributed by atoms with Crippen LogP contribution in [0.3, 0.4) is 0 Å². The number of hydrogen-bond donors (Lipinski definition) is 0. The first-order valence-electron chi connectivity index (χ1n) is 7.58. The summed E-state index contributed by atoms with van der Waals surface area (Å²) in [5, 5.41) is 0. The molecule has 123 valence electrons. The first-order chi connectivity index (χ1) is 11.9. The molecule has 0 aliphatic carbocycles. The Morgan fingerprint density at radius 2 is 0.600 bits per heavy atom. The van der Waals surface area contributed by atoms with E-state index in [4.69, 9.17) is 0 Å². The van der Waals surface area contributed by atoms with E-state index in [2.05, 4.69) is 19.9 Å². The standard InChI is InChI=1S/2C10H8N2.Re/c2*1-3-7-11-9(5-1)10-6-2-4-8-12-10;/h2*1-8H;. The second-order valence-corrected chi connectivity index (χ2v) is 4.86. The van der Waals surface area contributed by atoms with E-state index in [1.54, 1.807) is 24.8 Å². The van der Waals surface area contributed by atoms with Gasteiger partial charge in [0.05, 0.1) is 22.8 Å². The molecule has 4 nitrogen and oxygen atoms in total. The fourth-order valence-electron chi connectivity index (χ4n) is 2.06. The Bertz CT molecular complexity index is 692. The monoisotopic (exact) mass is 499 g/mol. The third-order valence-corrected chi connectivity index (χ3v) is 3.18. The van der Waals surface area contributed by atoms with Crippen LogP contribution >= 0.6 is 0 Å². The smallest absolute Gasteiger partial charge is 0.0886 e. The Labute approximate surface area is 160 Å². The molecule has 0 saturated carbocycles. The van der Waals surface area contributed by atoms with Crippen LogP contribution in [0.2, 0.25) is 0 Å². The topological polar surface area (TPSA) is 51.6 Å². The van der Waals surface area contributed by atoms with Crippen LogP contribution < -0.4 is 0 Å². The third kappa shape index (κ3) is 5.68. The van der Waals surface area contributed by atoms with Gasteiger partial charge in [-0.2, -0.15) is 0 Å². The summed E-state index contributed by atoms with van der Waals surface area (Å²) in [5.41, 5.74) is 3.66. The summed E-state index contributed by atoms with van der Waals surface area (Å²) in [4.78, 5) is 16.7. The van der Waals surface area contributed by atoms with Gasteiger partial charge in [-0.3, -0.25) is 19.9 Å². The van der Waals surface area contributed by atoms with Gasteiger partial charge in [-0.25, -0.2) is 0 Å². The van der Waals surface area contributed by atoms with Gasteiger partial charge < -0.3 is 0 Å². The zero-order valence-corrected chi connectivity index (χ0v) is 16.1. The predicted molar refractivity (Wildman–Crippen MR) is 94.9 cm³/mol. The molecule has 0 N–H and O–H groups in total. The van der Waals surface area contributed by atoms with E-state index in [0.717, 1.165) is 22.8 Å². The van der Waals surface area contributed by atoms with Crippen LogP contribution in [0.25, 0.3) is 22.8 Å². The van der Waals surface area contributed by atoms with Crippen molar-refractivity contribution in [2.45, 2.75) is 0 Å². The Morgan fingerprint density at radius 3 is 0.760 bits per heavy atom. The summed E-state index contributed by atoms with van der Waals surface area (Å²) >= 11 is 0. The summed E-state index contributed by atoms with van der Waals surface area (Å²) in [5.74, 6) is 0. The number of aromatic nitrogens is 4. The van der Waals surface area contributed by atoms with Gasteiger partial charge in [0.25, 0.3) is 0 Å². The van der Waals surface area contributed by atoms with Crippen LogP contribution in [0.5, 0.6) is 0 Å². The van der Waals surface area contributed by atoms with E-state index in [9.17, 15) is 0 Å². The number of nitrogens with zero attached hydrogens (tertiary/aromatic N) is 4. The van der Waals surface area contributed by atoms with Crippen molar-refractivity contribution >= 4 is 0 Å². The minimum atomic E-state index is 0. The van der Waals surface area contributed by atoms with E-state index in [1.165, 1.54) is 0 Å². The zero-order chi connectivity index (χ0) is 16.5. The van der Waals surface area contributed by atoms with E-state index < -0.39 is 0 Å². The summed E-state index contributed by atoms with van der Waals surface area (Å²) in [7, 11) is 0. The van der Waals surface area contributed by atoms with E-state index in [-0.39, 0.29) is 20.4 Å².